The molecule has 1 aromatic heterocycles. The van der Waals surface area contributed by atoms with Gasteiger partial charge in [0.05, 0.1) is 5.97 Å². The number of Topliss-reactive ketones (excluding diaryl/α,β-unsaturated/α-hetero) is 1. The maximum absolute atomic E-state index is 12.9. The van der Waals surface area contributed by atoms with Crippen LogP contribution in [0.25, 0.3) is 6.08 Å². The van der Waals surface area contributed by atoms with Gasteiger partial charge in [-0.05, 0) is 32.1 Å². The summed E-state index contributed by atoms with van der Waals surface area (Å²) in [6.45, 7) is 7.35. The molecule has 138 valence electrons. The van der Waals surface area contributed by atoms with E-state index < -0.39 is 18.4 Å². The molecule has 2 rings (SSSR count). The average Bonchev–Trinajstić information content (AvgIpc) is 2.93. The number of ether oxygens (including phenoxy) is 1. The van der Waals surface area contributed by atoms with Crippen molar-refractivity contribution in [1.82, 2.24) is 4.57 Å². The molecule has 0 N–H and O–H groups in total. The first-order valence-corrected chi connectivity index (χ1v) is 8.24. The largest absolute Gasteiger partial charge is 0.546 e. The van der Waals surface area contributed by atoms with Gasteiger partial charge in [-0.15, -0.1) is 6.58 Å². The Labute approximate surface area is 157 Å². The van der Waals surface area contributed by atoms with Gasteiger partial charge in [0.15, 0.2) is 0 Å². The van der Waals surface area contributed by atoms with Crippen molar-refractivity contribution < 1.29 is 19.4 Å². The molecule has 0 aliphatic rings. The fourth-order valence-electron chi connectivity index (χ4n) is 2.76. The minimum Gasteiger partial charge on any atom is -0.546 e. The zero-order valence-electron chi connectivity index (χ0n) is 15.2. The number of rotatable bonds is 8. The lowest BCUT2D eigenvalue weighted by molar-refractivity contribution is -0.307. The molecule has 0 saturated heterocycles. The maximum atomic E-state index is 12.9. The van der Waals surface area contributed by atoms with Gasteiger partial charge in [0.2, 0.25) is 5.78 Å². The summed E-state index contributed by atoms with van der Waals surface area (Å²) >= 11 is 0. The molecule has 1 heterocycles. The number of para-hydroxylation sites is 1. The van der Waals surface area contributed by atoms with Crippen LogP contribution < -0.4 is 9.84 Å². The molecule has 0 spiro atoms. The first-order chi connectivity index (χ1) is 12.9. The van der Waals surface area contributed by atoms with E-state index in [1.807, 2.05) is 24.5 Å². The van der Waals surface area contributed by atoms with E-state index in [2.05, 4.69) is 6.58 Å². The Morgan fingerprint density at radius 3 is 2.67 bits per heavy atom. The Morgan fingerprint density at radius 1 is 1.33 bits per heavy atom. The summed E-state index contributed by atoms with van der Waals surface area (Å²) in [4.78, 5) is 23.5. The van der Waals surface area contributed by atoms with Crippen molar-refractivity contribution in [2.75, 3.05) is 6.61 Å². The molecule has 0 aliphatic carbocycles. The molecule has 27 heavy (non-hydrogen) atoms. The summed E-state index contributed by atoms with van der Waals surface area (Å²) in [7, 11) is 0. The lowest BCUT2D eigenvalue weighted by atomic mass is 10.0. The van der Waals surface area contributed by atoms with E-state index in [4.69, 9.17) is 4.74 Å². The normalized spacial score (nSPS) is 10.9. The van der Waals surface area contributed by atoms with Gasteiger partial charge < -0.3 is 19.2 Å². The number of aliphatic carboxylic acids is 1. The van der Waals surface area contributed by atoms with E-state index in [-0.39, 0.29) is 11.3 Å². The Morgan fingerprint density at radius 2 is 2.04 bits per heavy atom. The van der Waals surface area contributed by atoms with E-state index in [0.29, 0.717) is 17.7 Å². The van der Waals surface area contributed by atoms with Crippen LogP contribution in [-0.2, 0) is 11.3 Å². The molecule has 0 unspecified atom stereocenters. The first kappa shape index (κ1) is 19.7. The molecular weight excluding hydrogens is 344 g/mol. The molecule has 0 amide bonds. The number of hydrogen-bond donors (Lipinski definition) is 0. The maximum Gasteiger partial charge on any atom is 0.205 e. The van der Waals surface area contributed by atoms with Crippen LogP contribution in [0.15, 0.2) is 48.6 Å². The molecule has 0 bridgehead atoms. The average molecular weight is 363 g/mol. The van der Waals surface area contributed by atoms with Gasteiger partial charge in [0.1, 0.15) is 24.0 Å². The number of aromatic nitrogens is 1. The van der Waals surface area contributed by atoms with E-state index in [9.17, 15) is 20.0 Å². The highest BCUT2D eigenvalue weighted by Gasteiger charge is 2.19. The van der Waals surface area contributed by atoms with Gasteiger partial charge in [-0.3, -0.25) is 4.79 Å². The third-order valence-electron chi connectivity index (χ3n) is 4.06. The van der Waals surface area contributed by atoms with Crippen LogP contribution in [0.1, 0.15) is 27.3 Å². The number of nitrogens with zero attached hydrogens (tertiary/aromatic N) is 2. The SMILES string of the molecule is C=CCn1c(C)cc(C(=O)/C(C#N)=C/c2ccccc2OCC(=O)[O-])c1C. The third kappa shape index (κ3) is 4.53. The van der Waals surface area contributed by atoms with Crippen molar-refractivity contribution in [3.8, 4) is 11.8 Å². The molecule has 0 atom stereocenters. The van der Waals surface area contributed by atoms with Crippen LogP contribution in [0.3, 0.4) is 0 Å². The van der Waals surface area contributed by atoms with Gasteiger partial charge in [0, 0.05) is 29.1 Å². The Kier molecular flexibility index (Phi) is 6.34. The zero-order valence-corrected chi connectivity index (χ0v) is 15.2. The van der Waals surface area contributed by atoms with E-state index in [0.717, 1.165) is 11.4 Å². The number of hydrogen-bond acceptors (Lipinski definition) is 5. The smallest absolute Gasteiger partial charge is 0.205 e. The molecule has 1 aromatic carbocycles. The number of ketones is 1. The molecule has 2 aromatic rings. The summed E-state index contributed by atoms with van der Waals surface area (Å²) in [6, 6.07) is 10.2. The van der Waals surface area contributed by atoms with Gasteiger partial charge in [-0.1, -0.05) is 24.3 Å². The highest BCUT2D eigenvalue weighted by molar-refractivity contribution is 6.14. The lowest BCUT2D eigenvalue weighted by Crippen LogP contribution is -2.29. The number of benzene rings is 1. The van der Waals surface area contributed by atoms with Crippen molar-refractivity contribution in [3.05, 3.63) is 71.1 Å². The Balaban J connectivity index is 2.42. The molecule has 6 heteroatoms. The third-order valence-corrected chi connectivity index (χ3v) is 4.06. The predicted octanol–water partition coefficient (Wildman–Crippen LogP) is 2.21. The summed E-state index contributed by atoms with van der Waals surface area (Å²) in [5, 5.41) is 20.1. The van der Waals surface area contributed by atoms with Gasteiger partial charge in [-0.2, -0.15) is 5.26 Å². The van der Waals surface area contributed by atoms with Crippen LogP contribution in [0.4, 0.5) is 0 Å². The molecule has 0 saturated carbocycles. The second-order valence-electron chi connectivity index (χ2n) is 5.88. The predicted molar refractivity (Wildman–Crippen MR) is 99.0 cm³/mol. The first-order valence-electron chi connectivity index (χ1n) is 8.24. The topological polar surface area (TPSA) is 95.2 Å². The van der Waals surface area contributed by atoms with Crippen molar-refractivity contribution in [2.45, 2.75) is 20.4 Å². The van der Waals surface area contributed by atoms with Crippen LogP contribution in [0.5, 0.6) is 5.75 Å². The van der Waals surface area contributed by atoms with Crippen molar-refractivity contribution >= 4 is 17.8 Å². The van der Waals surface area contributed by atoms with Crippen LogP contribution in [0, 0.1) is 25.2 Å². The highest BCUT2D eigenvalue weighted by atomic mass is 16.5. The molecular formula is C21H19N2O4-. The van der Waals surface area contributed by atoms with Gasteiger partial charge >= 0.3 is 0 Å². The molecule has 0 radical (unpaired) electrons. The molecule has 0 fully saturated rings. The summed E-state index contributed by atoms with van der Waals surface area (Å²) < 4.78 is 7.10. The minimum atomic E-state index is -1.36. The van der Waals surface area contributed by atoms with Crippen LogP contribution >= 0.6 is 0 Å². The molecule has 0 aliphatic heterocycles. The van der Waals surface area contributed by atoms with E-state index >= 15 is 0 Å². The van der Waals surface area contributed by atoms with Gasteiger partial charge in [-0.25, -0.2) is 0 Å². The molecule has 6 nitrogen and oxygen atoms in total. The van der Waals surface area contributed by atoms with Crippen LogP contribution in [0.2, 0.25) is 0 Å². The number of carbonyl (C=O) groups excluding carboxylic acids is 2. The second kappa shape index (κ2) is 8.68. The number of aryl methyl sites for hydroxylation is 1. The summed E-state index contributed by atoms with van der Waals surface area (Å²) in [5.74, 6) is -1.52. The fourth-order valence-corrected chi connectivity index (χ4v) is 2.76. The monoisotopic (exact) mass is 363 g/mol. The quantitative estimate of drug-likeness (QED) is 0.310. The highest BCUT2D eigenvalue weighted by Crippen LogP contribution is 2.24. The number of carboxylic acid groups (broad SMARTS) is 1. The Hall–Kier alpha value is -3.59. The van der Waals surface area contributed by atoms with Gasteiger partial charge in [0.25, 0.3) is 0 Å². The summed E-state index contributed by atoms with van der Waals surface area (Å²) in [5.41, 5.74) is 2.45. The standard InChI is InChI=1S/C21H20N2O4/c1-4-9-23-14(2)10-18(15(23)3)21(26)17(12-22)11-16-7-5-6-8-19(16)27-13-20(24)25/h4-8,10-11H,1,9,13H2,2-3H3,(H,24,25)/p-1/b17-11+. The minimum absolute atomic E-state index is 0.0710. The Bertz CT molecular complexity index is 961. The van der Waals surface area contributed by atoms with Crippen molar-refractivity contribution in [2.24, 2.45) is 0 Å². The number of allylic oxidation sites excluding steroid dienone is 2. The number of carboxylic acids is 1. The van der Waals surface area contributed by atoms with Crippen molar-refractivity contribution in [3.63, 3.8) is 0 Å². The van der Waals surface area contributed by atoms with Crippen molar-refractivity contribution in [1.29, 1.82) is 5.26 Å². The van der Waals surface area contributed by atoms with E-state index in [1.54, 1.807) is 36.4 Å². The lowest BCUT2D eigenvalue weighted by Gasteiger charge is -2.10. The number of carbonyl (C=O) groups is 2. The summed E-state index contributed by atoms with van der Waals surface area (Å²) in [6.07, 6.45) is 3.13. The number of nitriles is 1. The zero-order chi connectivity index (χ0) is 20.0. The fraction of sp³-hybridized carbons (Fsp3) is 0.190. The second-order valence-corrected chi connectivity index (χ2v) is 5.88. The van der Waals surface area contributed by atoms with Crippen LogP contribution in [-0.4, -0.2) is 22.9 Å². The van der Waals surface area contributed by atoms with E-state index in [1.165, 1.54) is 6.08 Å².